The molecule has 1 aliphatic rings. The Labute approximate surface area is 105 Å². The van der Waals surface area contributed by atoms with Crippen molar-refractivity contribution in [3.63, 3.8) is 0 Å². The Kier molecular flexibility index (Phi) is 7.38. The molecular formula is C14H30OSi. The van der Waals surface area contributed by atoms with Crippen LogP contribution in [0.25, 0.3) is 0 Å². The van der Waals surface area contributed by atoms with Crippen molar-refractivity contribution in [2.24, 2.45) is 0 Å². The van der Waals surface area contributed by atoms with Crippen LogP contribution in [0.2, 0.25) is 0 Å². The summed E-state index contributed by atoms with van der Waals surface area (Å²) in [6.07, 6.45) is 15.3. The van der Waals surface area contributed by atoms with E-state index >= 15 is 0 Å². The highest BCUT2D eigenvalue weighted by molar-refractivity contribution is 6.14. The van der Waals surface area contributed by atoms with Crippen molar-refractivity contribution < 1.29 is 4.74 Å². The molecule has 0 aromatic carbocycles. The predicted molar refractivity (Wildman–Crippen MR) is 75.1 cm³/mol. The molecule has 0 radical (unpaired) electrons. The van der Waals surface area contributed by atoms with E-state index in [9.17, 15) is 0 Å². The normalized spacial score (nSPS) is 26.1. The minimum Gasteiger partial charge on any atom is -0.380 e. The summed E-state index contributed by atoms with van der Waals surface area (Å²) in [7, 11) is 1.23. The Balaban J connectivity index is 1.93. The zero-order valence-corrected chi connectivity index (χ0v) is 13.4. The monoisotopic (exact) mass is 242 g/mol. The second-order valence-corrected chi connectivity index (χ2v) is 7.45. The van der Waals surface area contributed by atoms with Gasteiger partial charge in [0.05, 0.1) is 0 Å². The van der Waals surface area contributed by atoms with E-state index in [-0.39, 0.29) is 0 Å². The largest absolute Gasteiger partial charge is 0.380 e. The van der Waals surface area contributed by atoms with Gasteiger partial charge in [-0.3, -0.25) is 0 Å². The molecule has 1 aliphatic heterocycles. The molecule has 0 aromatic heterocycles. The van der Waals surface area contributed by atoms with Crippen molar-refractivity contribution in [3.8, 4) is 0 Å². The molecule has 1 heterocycles. The van der Waals surface area contributed by atoms with Crippen LogP contribution in [-0.4, -0.2) is 22.1 Å². The second kappa shape index (κ2) is 8.29. The lowest BCUT2D eigenvalue weighted by atomic mass is 10.0. The summed E-state index contributed by atoms with van der Waals surface area (Å²) < 4.78 is 5.97. The fraction of sp³-hybridized carbons (Fsp3) is 1.00. The molecule has 0 saturated carbocycles. The molecule has 0 aliphatic carbocycles. The van der Waals surface area contributed by atoms with E-state index in [1.54, 1.807) is 0 Å². The average Bonchev–Trinajstić information content (AvgIpc) is 2.29. The fourth-order valence-electron chi connectivity index (χ4n) is 2.64. The summed E-state index contributed by atoms with van der Waals surface area (Å²) in [5.41, 5.74) is 0. The highest BCUT2D eigenvalue weighted by Gasteiger charge is 2.26. The molecule has 1 atom stereocenters. The first-order chi connectivity index (χ1) is 7.77. The van der Waals surface area contributed by atoms with E-state index < -0.39 is 0 Å². The van der Waals surface area contributed by atoms with Gasteiger partial charge < -0.3 is 4.74 Å². The summed E-state index contributed by atoms with van der Waals surface area (Å²) in [5, 5.41) is 0.363. The van der Waals surface area contributed by atoms with Gasteiger partial charge in [-0.25, -0.2) is 0 Å². The molecule has 0 amide bonds. The highest BCUT2D eigenvalue weighted by Crippen LogP contribution is 2.27. The van der Waals surface area contributed by atoms with Gasteiger partial charge >= 0.3 is 0 Å². The van der Waals surface area contributed by atoms with Crippen LogP contribution in [0.1, 0.15) is 77.6 Å². The van der Waals surface area contributed by atoms with Crippen molar-refractivity contribution in [3.05, 3.63) is 0 Å². The topological polar surface area (TPSA) is 9.23 Å². The van der Waals surface area contributed by atoms with Crippen LogP contribution in [0.15, 0.2) is 0 Å². The van der Waals surface area contributed by atoms with Gasteiger partial charge in [-0.15, -0.1) is 0 Å². The van der Waals surface area contributed by atoms with Crippen molar-refractivity contribution >= 4 is 10.2 Å². The third-order valence-corrected chi connectivity index (χ3v) is 5.15. The third kappa shape index (κ3) is 6.05. The van der Waals surface area contributed by atoms with Crippen molar-refractivity contribution in [1.82, 2.24) is 0 Å². The first kappa shape index (κ1) is 14.2. The van der Waals surface area contributed by atoms with Gasteiger partial charge in [0.25, 0.3) is 0 Å². The molecular weight excluding hydrogens is 212 g/mol. The number of hydrogen-bond acceptors (Lipinski definition) is 1. The molecule has 16 heavy (non-hydrogen) atoms. The summed E-state index contributed by atoms with van der Waals surface area (Å²) >= 11 is 0. The number of unbranched alkanes of at least 4 members (excludes halogenated alkanes) is 6. The van der Waals surface area contributed by atoms with Crippen LogP contribution in [0.5, 0.6) is 0 Å². The molecule has 0 N–H and O–H groups in total. The maximum Gasteiger partial charge on any atom is 0.0486 e. The molecule has 1 fully saturated rings. The van der Waals surface area contributed by atoms with Gasteiger partial charge in [-0.1, -0.05) is 51.9 Å². The van der Waals surface area contributed by atoms with Gasteiger partial charge in [0.2, 0.25) is 0 Å². The molecule has 1 unspecified atom stereocenters. The zero-order chi connectivity index (χ0) is 11.7. The Morgan fingerprint density at radius 3 is 2.31 bits per heavy atom. The van der Waals surface area contributed by atoms with Gasteiger partial charge in [0.15, 0.2) is 0 Å². The van der Waals surface area contributed by atoms with Crippen LogP contribution in [0.4, 0.5) is 0 Å². The van der Waals surface area contributed by atoms with Crippen molar-refractivity contribution in [2.45, 2.75) is 82.8 Å². The molecule has 2 heteroatoms. The summed E-state index contributed by atoms with van der Waals surface area (Å²) in [6.45, 7) is 3.31. The molecule has 0 bridgehead atoms. The summed E-state index contributed by atoms with van der Waals surface area (Å²) in [4.78, 5) is 0. The Hall–Kier alpha value is 0.177. The Bertz CT molecular complexity index is 164. The van der Waals surface area contributed by atoms with E-state index in [1.165, 1.54) is 80.9 Å². The lowest BCUT2D eigenvalue weighted by Gasteiger charge is -2.34. The van der Waals surface area contributed by atoms with Crippen LogP contribution < -0.4 is 0 Å². The third-order valence-electron chi connectivity index (χ3n) is 3.86. The van der Waals surface area contributed by atoms with Crippen molar-refractivity contribution in [2.75, 3.05) is 6.61 Å². The second-order valence-electron chi connectivity index (χ2n) is 5.63. The minimum atomic E-state index is 0.363. The van der Waals surface area contributed by atoms with Gasteiger partial charge in [-0.2, -0.15) is 0 Å². The van der Waals surface area contributed by atoms with Gasteiger partial charge in [-0.05, 0) is 25.7 Å². The standard InChI is InChI=1S/C14H30OSi/c1-2-3-4-5-6-7-8-11-14(16)12-9-10-13-15-14/h2-13H2,1,16H3. The van der Waals surface area contributed by atoms with E-state index in [1.807, 2.05) is 0 Å². The molecule has 1 rings (SSSR count). The maximum atomic E-state index is 5.97. The van der Waals surface area contributed by atoms with Gasteiger partial charge in [0, 0.05) is 22.1 Å². The van der Waals surface area contributed by atoms with Gasteiger partial charge in [0.1, 0.15) is 0 Å². The van der Waals surface area contributed by atoms with E-state index in [0.29, 0.717) is 5.22 Å². The summed E-state index contributed by atoms with van der Waals surface area (Å²) in [6, 6.07) is 0. The Morgan fingerprint density at radius 1 is 1.00 bits per heavy atom. The van der Waals surface area contributed by atoms with E-state index in [2.05, 4.69) is 6.92 Å². The van der Waals surface area contributed by atoms with Crippen LogP contribution >= 0.6 is 0 Å². The number of hydrogen-bond donors (Lipinski definition) is 0. The molecule has 1 saturated heterocycles. The lowest BCUT2D eigenvalue weighted by molar-refractivity contribution is -0.0240. The average molecular weight is 242 g/mol. The smallest absolute Gasteiger partial charge is 0.0486 e. The maximum absolute atomic E-state index is 5.97. The quantitative estimate of drug-likeness (QED) is 0.468. The van der Waals surface area contributed by atoms with E-state index in [4.69, 9.17) is 4.74 Å². The SMILES string of the molecule is CCCCCCCCCC1([SiH3])CCCCO1. The molecule has 96 valence electrons. The first-order valence-corrected chi connectivity index (χ1v) is 8.41. The molecule has 0 aromatic rings. The Morgan fingerprint density at radius 2 is 1.69 bits per heavy atom. The fourth-order valence-corrected chi connectivity index (χ4v) is 3.56. The molecule has 1 nitrogen and oxygen atoms in total. The number of rotatable bonds is 8. The van der Waals surface area contributed by atoms with Crippen LogP contribution in [-0.2, 0) is 4.74 Å². The molecule has 0 spiro atoms. The van der Waals surface area contributed by atoms with E-state index in [0.717, 1.165) is 6.61 Å². The number of ether oxygens (including phenoxy) is 1. The predicted octanol–water partition coefficient (Wildman–Crippen LogP) is 3.39. The lowest BCUT2D eigenvalue weighted by Crippen LogP contribution is -2.36. The van der Waals surface area contributed by atoms with Crippen molar-refractivity contribution in [1.29, 1.82) is 0 Å². The highest BCUT2D eigenvalue weighted by atomic mass is 28.1. The zero-order valence-electron chi connectivity index (χ0n) is 11.4. The minimum absolute atomic E-state index is 0.363. The van der Waals surface area contributed by atoms with Crippen LogP contribution in [0.3, 0.4) is 0 Å². The first-order valence-electron chi connectivity index (χ1n) is 7.41. The van der Waals surface area contributed by atoms with Crippen LogP contribution in [0, 0.1) is 0 Å². The summed E-state index contributed by atoms with van der Waals surface area (Å²) in [5.74, 6) is 0.